The molecule has 0 aliphatic rings. The van der Waals surface area contributed by atoms with E-state index in [1.54, 1.807) is 35.0 Å². The highest BCUT2D eigenvalue weighted by Crippen LogP contribution is 2.30. The van der Waals surface area contributed by atoms with E-state index in [0.29, 0.717) is 33.1 Å². The monoisotopic (exact) mass is 401 g/mol. The maximum atomic E-state index is 13.4. The molecule has 0 atom stereocenters. The van der Waals surface area contributed by atoms with E-state index in [4.69, 9.17) is 11.6 Å². The van der Waals surface area contributed by atoms with Gasteiger partial charge in [0.2, 0.25) is 0 Å². The first-order valence-electron chi connectivity index (χ1n) is 8.76. The molecule has 0 unspecified atom stereocenters. The van der Waals surface area contributed by atoms with Crippen molar-refractivity contribution in [3.05, 3.63) is 70.6 Å². The summed E-state index contributed by atoms with van der Waals surface area (Å²) in [5.41, 5.74) is 2.29. The summed E-state index contributed by atoms with van der Waals surface area (Å²) in [4.78, 5) is 13.0. The van der Waals surface area contributed by atoms with E-state index in [1.807, 2.05) is 20.8 Å². The van der Waals surface area contributed by atoms with Crippen LogP contribution >= 0.6 is 11.6 Å². The molecule has 5 nitrogen and oxygen atoms in total. The number of nitrogens with zero attached hydrogens (tertiary/aromatic N) is 2. The van der Waals surface area contributed by atoms with Gasteiger partial charge in [0.05, 0.1) is 29.6 Å². The Hall–Kier alpha value is -2.70. The van der Waals surface area contributed by atoms with E-state index in [2.05, 4.69) is 10.4 Å². The fourth-order valence-corrected chi connectivity index (χ4v) is 3.06. The number of benzene rings is 2. The van der Waals surface area contributed by atoms with Crippen molar-refractivity contribution < 1.29 is 14.3 Å². The lowest BCUT2D eigenvalue weighted by molar-refractivity contribution is 0.102. The molecule has 28 heavy (non-hydrogen) atoms. The summed E-state index contributed by atoms with van der Waals surface area (Å²) in [5.74, 6) is -0.713. The quantitative estimate of drug-likeness (QED) is 0.657. The first-order chi connectivity index (χ1) is 13.2. The topological polar surface area (TPSA) is 67.2 Å². The molecule has 0 aliphatic carbocycles. The molecule has 0 spiro atoms. The zero-order valence-corrected chi connectivity index (χ0v) is 16.6. The Balaban J connectivity index is 2.03. The molecular weight excluding hydrogens is 381 g/mol. The Morgan fingerprint density at radius 3 is 2.50 bits per heavy atom. The molecule has 0 aliphatic heterocycles. The minimum absolute atomic E-state index is 0.231. The molecule has 2 aromatic carbocycles. The third-order valence-corrected chi connectivity index (χ3v) is 4.61. The average Bonchev–Trinajstić information content (AvgIpc) is 3.09. The zero-order chi connectivity index (χ0) is 20.5. The van der Waals surface area contributed by atoms with Gasteiger partial charge in [-0.2, -0.15) is 5.10 Å². The molecule has 146 valence electrons. The fourth-order valence-electron chi connectivity index (χ4n) is 2.88. The summed E-state index contributed by atoms with van der Waals surface area (Å²) >= 11 is 6.00. The van der Waals surface area contributed by atoms with Crippen LogP contribution in [0.3, 0.4) is 0 Å². The molecule has 1 aromatic heterocycles. The fraction of sp³-hybridized carbons (Fsp3) is 0.238. The lowest BCUT2D eigenvalue weighted by Crippen LogP contribution is -2.24. The van der Waals surface area contributed by atoms with Crippen LogP contribution in [0.5, 0.6) is 0 Å². The first-order valence-corrected chi connectivity index (χ1v) is 9.13. The summed E-state index contributed by atoms with van der Waals surface area (Å²) in [5, 5.41) is 17.0. The third kappa shape index (κ3) is 4.08. The molecule has 0 saturated heterocycles. The Bertz CT molecular complexity index is 1010. The number of anilines is 1. The van der Waals surface area contributed by atoms with Crippen molar-refractivity contribution in [3.63, 3.8) is 0 Å². The number of nitrogens with one attached hydrogen (secondary N) is 1. The predicted molar refractivity (Wildman–Crippen MR) is 108 cm³/mol. The highest BCUT2D eigenvalue weighted by atomic mass is 35.5. The van der Waals surface area contributed by atoms with E-state index < -0.39 is 0 Å². The van der Waals surface area contributed by atoms with Crippen molar-refractivity contribution in [1.82, 2.24) is 9.78 Å². The summed E-state index contributed by atoms with van der Waals surface area (Å²) in [6.07, 6.45) is 1.50. The van der Waals surface area contributed by atoms with Crippen molar-refractivity contribution in [2.75, 3.05) is 5.32 Å². The number of carbonyl (C=O) groups excluding carboxylic acids is 1. The van der Waals surface area contributed by atoms with Crippen LogP contribution in [-0.4, -0.2) is 20.8 Å². The molecule has 0 bridgehead atoms. The van der Waals surface area contributed by atoms with E-state index in [0.717, 1.165) is 0 Å². The summed E-state index contributed by atoms with van der Waals surface area (Å²) in [7, 11) is 0. The van der Waals surface area contributed by atoms with Crippen molar-refractivity contribution in [2.45, 2.75) is 32.9 Å². The van der Waals surface area contributed by atoms with Gasteiger partial charge in [-0.05, 0) is 68.8 Å². The number of aliphatic hydroxyl groups excluding tert-OH is 1. The molecule has 3 rings (SSSR count). The van der Waals surface area contributed by atoms with Gasteiger partial charge in [-0.3, -0.25) is 9.48 Å². The summed E-state index contributed by atoms with van der Waals surface area (Å²) in [6, 6.07) is 10.8. The Labute approximate surface area is 167 Å². The van der Waals surface area contributed by atoms with Crippen LogP contribution in [0.1, 0.15) is 36.7 Å². The van der Waals surface area contributed by atoms with Crippen LogP contribution in [0.2, 0.25) is 5.02 Å². The highest BCUT2D eigenvalue weighted by molar-refractivity contribution is 6.31. The van der Waals surface area contributed by atoms with Gasteiger partial charge >= 0.3 is 0 Å². The maximum absolute atomic E-state index is 13.4. The molecule has 1 amide bonds. The normalized spacial score (nSPS) is 11.5. The molecule has 0 radical (unpaired) electrons. The van der Waals surface area contributed by atoms with Crippen molar-refractivity contribution in [1.29, 1.82) is 0 Å². The lowest BCUT2D eigenvalue weighted by Gasteiger charge is -2.23. The molecule has 1 heterocycles. The van der Waals surface area contributed by atoms with Crippen LogP contribution < -0.4 is 5.32 Å². The van der Waals surface area contributed by atoms with E-state index >= 15 is 0 Å². The second-order valence-corrected chi connectivity index (χ2v) is 7.82. The molecular formula is C21H21ClFN3O2. The molecule has 7 heteroatoms. The number of rotatable bonds is 4. The number of halogens is 2. The first kappa shape index (κ1) is 20.0. The maximum Gasteiger partial charge on any atom is 0.259 e. The molecule has 0 fully saturated rings. The van der Waals surface area contributed by atoms with Gasteiger partial charge in [0, 0.05) is 16.3 Å². The van der Waals surface area contributed by atoms with Crippen molar-refractivity contribution in [2.24, 2.45) is 0 Å². The number of aromatic nitrogens is 2. The zero-order valence-electron chi connectivity index (χ0n) is 15.8. The molecule has 3 aromatic rings. The standard InChI is InChI=1S/C21H21ClFN3O2/c1-21(2,3)26-19(13-4-6-15(23)7-5-13)17(11-24-26)20(28)25-16-8-9-18(22)14(10-16)12-27/h4-11,27H,12H2,1-3H3,(H,25,28). The Morgan fingerprint density at radius 1 is 1.21 bits per heavy atom. The second-order valence-electron chi connectivity index (χ2n) is 7.41. The largest absolute Gasteiger partial charge is 0.392 e. The van der Waals surface area contributed by atoms with Gasteiger partial charge in [0.25, 0.3) is 5.91 Å². The minimum atomic E-state index is -0.382. The lowest BCUT2D eigenvalue weighted by atomic mass is 10.0. The minimum Gasteiger partial charge on any atom is -0.392 e. The molecule has 0 saturated carbocycles. The van der Waals surface area contributed by atoms with Gasteiger partial charge < -0.3 is 10.4 Å². The third-order valence-electron chi connectivity index (χ3n) is 4.24. The number of aliphatic hydroxyl groups is 1. The van der Waals surface area contributed by atoms with Crippen LogP contribution in [0.4, 0.5) is 10.1 Å². The van der Waals surface area contributed by atoms with Crippen LogP contribution in [0.25, 0.3) is 11.3 Å². The van der Waals surface area contributed by atoms with Gasteiger partial charge in [-0.25, -0.2) is 4.39 Å². The number of carbonyl (C=O) groups is 1. The highest BCUT2D eigenvalue weighted by Gasteiger charge is 2.25. The Morgan fingerprint density at radius 2 is 1.89 bits per heavy atom. The van der Waals surface area contributed by atoms with Gasteiger partial charge in [-0.15, -0.1) is 0 Å². The smallest absolute Gasteiger partial charge is 0.259 e. The Kier molecular flexibility index (Phi) is 5.54. The van der Waals surface area contributed by atoms with Gasteiger partial charge in [0.1, 0.15) is 5.82 Å². The second kappa shape index (κ2) is 7.73. The van der Waals surface area contributed by atoms with Gasteiger partial charge in [-0.1, -0.05) is 11.6 Å². The summed E-state index contributed by atoms with van der Waals surface area (Å²) in [6.45, 7) is 5.69. The van der Waals surface area contributed by atoms with Crippen molar-refractivity contribution >= 4 is 23.2 Å². The van der Waals surface area contributed by atoms with Crippen LogP contribution in [0, 0.1) is 5.82 Å². The number of amides is 1. The predicted octanol–water partition coefficient (Wildman–Crippen LogP) is 4.84. The van der Waals surface area contributed by atoms with Gasteiger partial charge in [0.15, 0.2) is 0 Å². The van der Waals surface area contributed by atoms with Crippen molar-refractivity contribution in [3.8, 4) is 11.3 Å². The van der Waals surface area contributed by atoms with E-state index in [1.165, 1.54) is 18.3 Å². The SMILES string of the molecule is CC(C)(C)n1ncc(C(=O)Nc2ccc(Cl)c(CO)c2)c1-c1ccc(F)cc1. The van der Waals surface area contributed by atoms with Crippen LogP contribution in [-0.2, 0) is 12.1 Å². The number of hydrogen-bond donors (Lipinski definition) is 2. The summed E-state index contributed by atoms with van der Waals surface area (Å²) < 4.78 is 15.1. The van der Waals surface area contributed by atoms with E-state index in [9.17, 15) is 14.3 Å². The average molecular weight is 402 g/mol. The van der Waals surface area contributed by atoms with E-state index in [-0.39, 0.29) is 23.9 Å². The number of hydrogen-bond acceptors (Lipinski definition) is 3. The van der Waals surface area contributed by atoms with Crippen LogP contribution in [0.15, 0.2) is 48.7 Å². The molecule has 2 N–H and O–H groups in total.